The highest BCUT2D eigenvalue weighted by Crippen LogP contribution is 2.30. The van der Waals surface area contributed by atoms with Crippen molar-refractivity contribution >= 4 is 44.4 Å². The molecular formula is C19H18N4O2. The third-order valence-corrected chi connectivity index (χ3v) is 4.35. The van der Waals surface area contributed by atoms with E-state index in [1.165, 1.54) is 6.92 Å². The third kappa shape index (κ3) is 2.76. The molecule has 2 aromatic carbocycles. The van der Waals surface area contributed by atoms with Gasteiger partial charge in [0.25, 0.3) is 0 Å². The predicted molar refractivity (Wildman–Crippen MR) is 98.0 cm³/mol. The molecule has 0 fully saturated rings. The molecule has 0 saturated heterocycles. The Morgan fingerprint density at radius 2 is 1.96 bits per heavy atom. The number of carbonyl (C=O) groups excluding carboxylic acids is 2. The number of fused-ring (bicyclic) bond motifs is 5. The second kappa shape index (κ2) is 6.05. The summed E-state index contributed by atoms with van der Waals surface area (Å²) in [5.74, 6) is -0.0386. The van der Waals surface area contributed by atoms with Gasteiger partial charge in [-0.1, -0.05) is 30.3 Å². The molecule has 1 amide bonds. The largest absolute Gasteiger partial charge is 0.300 e. The van der Waals surface area contributed by atoms with Gasteiger partial charge in [0.05, 0.1) is 11.0 Å². The molecule has 0 aliphatic heterocycles. The van der Waals surface area contributed by atoms with Crippen LogP contribution in [0.4, 0.5) is 0 Å². The number of para-hydroxylation sites is 1. The first-order chi connectivity index (χ1) is 12.1. The topological polar surface area (TPSA) is 79.8 Å². The molecule has 0 saturated carbocycles. The fourth-order valence-electron chi connectivity index (χ4n) is 3.16. The normalized spacial score (nSPS) is 11.4. The summed E-state index contributed by atoms with van der Waals surface area (Å²) in [6.07, 6.45) is 3.11. The van der Waals surface area contributed by atoms with Crippen LogP contribution in [0.15, 0.2) is 42.6 Å². The van der Waals surface area contributed by atoms with Crippen molar-refractivity contribution in [2.24, 2.45) is 0 Å². The standard InChI is InChI=1S/C19H18N4O2/c1-12(24)5-4-8-17(25)22-23-19-13(11-20-23)9-10-15-14-6-2-3-7-16(14)21-18(15)19/h2-3,6-7,9-11,20H,4-5,8H2,1H3,(H,22,25). The molecule has 0 spiro atoms. The molecular weight excluding hydrogens is 316 g/mol. The van der Waals surface area contributed by atoms with E-state index in [4.69, 9.17) is 4.98 Å². The average molecular weight is 334 g/mol. The van der Waals surface area contributed by atoms with Gasteiger partial charge in [-0.25, -0.2) is 10.4 Å². The minimum Gasteiger partial charge on any atom is -0.300 e. The van der Waals surface area contributed by atoms with Gasteiger partial charge in [0, 0.05) is 35.2 Å². The van der Waals surface area contributed by atoms with Crippen LogP contribution in [-0.2, 0) is 9.59 Å². The number of aromatic nitrogens is 3. The zero-order valence-electron chi connectivity index (χ0n) is 13.9. The van der Waals surface area contributed by atoms with E-state index in [1.807, 2.05) is 36.5 Å². The molecule has 2 heterocycles. The van der Waals surface area contributed by atoms with E-state index < -0.39 is 0 Å². The van der Waals surface area contributed by atoms with E-state index in [1.54, 1.807) is 4.79 Å². The smallest absolute Gasteiger partial charge is 0.240 e. The van der Waals surface area contributed by atoms with Crippen molar-refractivity contribution in [3.8, 4) is 0 Å². The molecule has 0 radical (unpaired) electrons. The minimum absolute atomic E-state index is 0.0974. The van der Waals surface area contributed by atoms with Gasteiger partial charge in [-0.15, -0.1) is 0 Å². The second-order valence-electron chi connectivity index (χ2n) is 6.23. The Kier molecular flexibility index (Phi) is 3.72. The van der Waals surface area contributed by atoms with Gasteiger partial charge in [0.2, 0.25) is 5.91 Å². The van der Waals surface area contributed by atoms with Crippen LogP contribution in [0.3, 0.4) is 0 Å². The van der Waals surface area contributed by atoms with E-state index >= 15 is 0 Å². The summed E-state index contributed by atoms with van der Waals surface area (Å²) in [4.78, 5) is 29.5. The monoisotopic (exact) mass is 334 g/mol. The van der Waals surface area contributed by atoms with Gasteiger partial charge in [-0.3, -0.25) is 9.89 Å². The number of benzene rings is 2. The number of nitrogens with zero attached hydrogens (tertiary/aromatic N) is 2. The fourth-order valence-corrected chi connectivity index (χ4v) is 3.16. The van der Waals surface area contributed by atoms with E-state index in [2.05, 4.69) is 16.6 Å². The van der Waals surface area contributed by atoms with E-state index in [0.717, 1.165) is 32.7 Å². The number of ketones is 1. The lowest BCUT2D eigenvalue weighted by Crippen LogP contribution is -2.23. The lowest BCUT2D eigenvalue weighted by Gasteiger charge is -2.07. The maximum atomic E-state index is 12.2. The van der Waals surface area contributed by atoms with E-state index in [9.17, 15) is 9.59 Å². The number of carbonyl (C=O) groups is 2. The predicted octanol–water partition coefficient (Wildman–Crippen LogP) is 3.50. The van der Waals surface area contributed by atoms with Crippen LogP contribution in [0.2, 0.25) is 0 Å². The van der Waals surface area contributed by atoms with Crippen LogP contribution in [0, 0.1) is 0 Å². The number of amides is 1. The van der Waals surface area contributed by atoms with Crippen molar-refractivity contribution in [1.29, 1.82) is 0 Å². The maximum absolute atomic E-state index is 12.2. The molecule has 4 rings (SSSR count). The van der Waals surface area contributed by atoms with Crippen molar-refractivity contribution in [2.75, 3.05) is 5.43 Å². The molecule has 0 aliphatic rings. The Morgan fingerprint density at radius 3 is 2.80 bits per heavy atom. The highest BCUT2D eigenvalue weighted by Gasteiger charge is 2.13. The number of hydrogen-bond donors (Lipinski definition) is 2. The van der Waals surface area contributed by atoms with Crippen LogP contribution >= 0.6 is 0 Å². The first kappa shape index (κ1) is 15.4. The van der Waals surface area contributed by atoms with Crippen LogP contribution in [0.1, 0.15) is 26.2 Å². The zero-order valence-corrected chi connectivity index (χ0v) is 13.9. The molecule has 0 bridgehead atoms. The molecule has 126 valence electrons. The highest BCUT2D eigenvalue weighted by atomic mass is 16.2. The molecule has 2 N–H and O–H groups in total. The molecule has 6 nitrogen and oxygen atoms in total. The van der Waals surface area contributed by atoms with Gasteiger partial charge in [-0.2, -0.15) is 4.79 Å². The Morgan fingerprint density at radius 1 is 1.12 bits per heavy atom. The van der Waals surface area contributed by atoms with Gasteiger partial charge in [0.1, 0.15) is 11.3 Å². The minimum atomic E-state index is -0.136. The second-order valence-corrected chi connectivity index (χ2v) is 6.23. The molecule has 0 aliphatic carbocycles. The Bertz CT molecular complexity index is 1110. The van der Waals surface area contributed by atoms with Crippen molar-refractivity contribution in [3.63, 3.8) is 0 Å². The third-order valence-electron chi connectivity index (χ3n) is 4.35. The number of hydrogen-bond acceptors (Lipinski definition) is 3. The summed E-state index contributed by atoms with van der Waals surface area (Å²) in [7, 11) is 0. The average Bonchev–Trinajstić information content (AvgIpc) is 3.15. The summed E-state index contributed by atoms with van der Waals surface area (Å²) in [6, 6.07) is 12.1. The molecule has 0 unspecified atom stereocenters. The summed E-state index contributed by atoms with van der Waals surface area (Å²) < 4.78 is 0. The van der Waals surface area contributed by atoms with Crippen molar-refractivity contribution in [3.05, 3.63) is 42.6 Å². The van der Waals surface area contributed by atoms with Crippen LogP contribution < -0.4 is 5.43 Å². The number of Topliss-reactive ketones (excluding diaryl/α,β-unsaturated/α-hetero) is 1. The first-order valence-corrected chi connectivity index (χ1v) is 8.30. The van der Waals surface area contributed by atoms with Crippen LogP contribution in [-0.4, -0.2) is 26.6 Å². The van der Waals surface area contributed by atoms with E-state index in [-0.39, 0.29) is 11.7 Å². The fraction of sp³-hybridized carbons (Fsp3) is 0.211. The van der Waals surface area contributed by atoms with E-state index in [0.29, 0.717) is 19.3 Å². The van der Waals surface area contributed by atoms with Crippen molar-refractivity contribution < 1.29 is 9.59 Å². The summed E-state index contributed by atoms with van der Waals surface area (Å²) in [5.41, 5.74) is 5.47. The van der Waals surface area contributed by atoms with Gasteiger partial charge in [0.15, 0.2) is 0 Å². The Labute approximate surface area is 143 Å². The lowest BCUT2D eigenvalue weighted by atomic mass is 10.1. The summed E-state index contributed by atoms with van der Waals surface area (Å²) in [6.45, 7) is 1.54. The number of H-pyrrole nitrogens is 1. The summed E-state index contributed by atoms with van der Waals surface area (Å²) in [5, 5.41) is 6.18. The zero-order chi connectivity index (χ0) is 17.4. The number of rotatable bonds is 5. The van der Waals surface area contributed by atoms with Gasteiger partial charge in [-0.05, 0) is 19.4 Å². The first-order valence-electron chi connectivity index (χ1n) is 8.30. The van der Waals surface area contributed by atoms with Gasteiger partial charge < -0.3 is 4.79 Å². The molecule has 25 heavy (non-hydrogen) atoms. The summed E-state index contributed by atoms with van der Waals surface area (Å²) >= 11 is 0. The van der Waals surface area contributed by atoms with Crippen LogP contribution in [0.5, 0.6) is 0 Å². The number of nitrogens with one attached hydrogen (secondary N) is 2. The quantitative estimate of drug-likeness (QED) is 0.586. The molecule has 2 aromatic heterocycles. The Hall–Kier alpha value is -3.15. The number of aromatic amines is 1. The SMILES string of the molecule is CC(=O)CCCC(=O)Nn1[nH]cc2ccc3c4ccccc4nc3c21. The van der Waals surface area contributed by atoms with Gasteiger partial charge >= 0.3 is 0 Å². The molecule has 6 heteroatoms. The van der Waals surface area contributed by atoms with Crippen LogP contribution in [0.25, 0.3) is 32.7 Å². The molecule has 0 atom stereocenters. The lowest BCUT2D eigenvalue weighted by molar-refractivity contribution is -0.118. The molecule has 4 aromatic rings. The highest BCUT2D eigenvalue weighted by molar-refractivity contribution is 6.16. The van der Waals surface area contributed by atoms with Crippen molar-refractivity contribution in [1.82, 2.24) is 14.9 Å². The maximum Gasteiger partial charge on any atom is 0.240 e. The Balaban J connectivity index is 1.72. The van der Waals surface area contributed by atoms with Crippen molar-refractivity contribution in [2.45, 2.75) is 26.2 Å².